The molecule has 5 N–H and O–H groups in total. The SMILES string of the molecule is CC1=CC(=O)CC(C)(C)[C@@]1(O)/C=C/C(=O)CO[C@@H]1O[C@H](CO)[C@@H](O)[C@H](O)[C@H]1O. The molecule has 1 saturated heterocycles. The summed E-state index contributed by atoms with van der Waals surface area (Å²) in [4.78, 5) is 23.9. The van der Waals surface area contributed by atoms with Gasteiger partial charge in [0.05, 0.1) is 6.61 Å². The van der Waals surface area contributed by atoms with E-state index < -0.39 is 60.7 Å². The molecule has 0 saturated carbocycles. The van der Waals surface area contributed by atoms with Crippen molar-refractivity contribution in [3.05, 3.63) is 23.8 Å². The summed E-state index contributed by atoms with van der Waals surface area (Å²) in [6, 6.07) is 0. The van der Waals surface area contributed by atoms with Gasteiger partial charge in [0.2, 0.25) is 0 Å². The Morgan fingerprint density at radius 2 is 1.93 bits per heavy atom. The first-order chi connectivity index (χ1) is 12.9. The van der Waals surface area contributed by atoms with Crippen molar-refractivity contribution in [1.29, 1.82) is 0 Å². The van der Waals surface area contributed by atoms with Gasteiger partial charge in [-0.2, -0.15) is 0 Å². The number of aliphatic hydroxyl groups excluding tert-OH is 4. The Hall–Kier alpha value is -1.46. The molecule has 0 spiro atoms. The zero-order chi connectivity index (χ0) is 21.3. The summed E-state index contributed by atoms with van der Waals surface area (Å²) in [5.41, 5.74) is -1.87. The van der Waals surface area contributed by atoms with Crippen LogP contribution >= 0.6 is 0 Å². The van der Waals surface area contributed by atoms with E-state index in [1.165, 1.54) is 12.2 Å². The molecular formula is C19H28O9. The average molecular weight is 400 g/mol. The number of rotatable bonds is 6. The highest BCUT2D eigenvalue weighted by Crippen LogP contribution is 2.44. The molecule has 6 atom stereocenters. The number of hydrogen-bond donors (Lipinski definition) is 5. The minimum absolute atomic E-state index is 0.0992. The van der Waals surface area contributed by atoms with Crippen LogP contribution in [0.5, 0.6) is 0 Å². The van der Waals surface area contributed by atoms with E-state index in [0.717, 1.165) is 6.08 Å². The summed E-state index contributed by atoms with van der Waals surface area (Å²) in [5, 5.41) is 49.4. The average Bonchev–Trinajstić information content (AvgIpc) is 2.61. The molecule has 28 heavy (non-hydrogen) atoms. The summed E-state index contributed by atoms with van der Waals surface area (Å²) in [7, 11) is 0. The summed E-state index contributed by atoms with van der Waals surface area (Å²) in [6.45, 7) is 3.92. The van der Waals surface area contributed by atoms with Crippen LogP contribution in [0.25, 0.3) is 0 Å². The molecule has 1 aliphatic carbocycles. The highest BCUT2D eigenvalue weighted by atomic mass is 16.7. The molecular weight excluding hydrogens is 372 g/mol. The van der Waals surface area contributed by atoms with Gasteiger partial charge in [-0.1, -0.05) is 13.8 Å². The first-order valence-electron chi connectivity index (χ1n) is 9.01. The van der Waals surface area contributed by atoms with Gasteiger partial charge in [-0.15, -0.1) is 0 Å². The number of carbonyl (C=O) groups excluding carboxylic acids is 2. The zero-order valence-electron chi connectivity index (χ0n) is 16.1. The largest absolute Gasteiger partial charge is 0.394 e. The van der Waals surface area contributed by atoms with Crippen molar-refractivity contribution in [2.75, 3.05) is 13.2 Å². The minimum Gasteiger partial charge on any atom is -0.394 e. The number of ketones is 2. The van der Waals surface area contributed by atoms with Crippen LogP contribution in [0.2, 0.25) is 0 Å². The second-order valence-electron chi connectivity index (χ2n) is 7.93. The normalized spacial score (nSPS) is 38.5. The fourth-order valence-corrected chi connectivity index (χ4v) is 3.49. The van der Waals surface area contributed by atoms with E-state index in [1.807, 2.05) is 0 Å². The minimum atomic E-state index is -1.60. The molecule has 1 heterocycles. The van der Waals surface area contributed by atoms with Crippen molar-refractivity contribution in [2.45, 2.75) is 63.5 Å². The van der Waals surface area contributed by atoms with Crippen LogP contribution < -0.4 is 0 Å². The predicted octanol–water partition coefficient (Wildman–Crippen LogP) is -1.40. The van der Waals surface area contributed by atoms with Crippen molar-refractivity contribution in [1.82, 2.24) is 0 Å². The Labute approximate surface area is 162 Å². The van der Waals surface area contributed by atoms with E-state index in [1.54, 1.807) is 20.8 Å². The Morgan fingerprint density at radius 1 is 1.29 bits per heavy atom. The highest BCUT2D eigenvalue weighted by Gasteiger charge is 2.47. The van der Waals surface area contributed by atoms with Gasteiger partial charge in [-0.05, 0) is 30.7 Å². The zero-order valence-corrected chi connectivity index (χ0v) is 16.1. The van der Waals surface area contributed by atoms with Crippen LogP contribution in [0.1, 0.15) is 27.2 Å². The lowest BCUT2D eigenvalue weighted by molar-refractivity contribution is -0.298. The van der Waals surface area contributed by atoms with Gasteiger partial charge in [0.15, 0.2) is 17.9 Å². The molecule has 0 aromatic heterocycles. The molecule has 9 nitrogen and oxygen atoms in total. The van der Waals surface area contributed by atoms with Crippen LogP contribution in [0, 0.1) is 5.41 Å². The molecule has 0 aromatic carbocycles. The van der Waals surface area contributed by atoms with Gasteiger partial charge in [0.1, 0.15) is 36.6 Å². The molecule has 0 radical (unpaired) electrons. The van der Waals surface area contributed by atoms with Crippen molar-refractivity contribution >= 4 is 11.6 Å². The Morgan fingerprint density at radius 3 is 2.50 bits per heavy atom. The summed E-state index contributed by atoms with van der Waals surface area (Å²) in [5.74, 6) is -0.649. The van der Waals surface area contributed by atoms with Gasteiger partial charge in [-0.25, -0.2) is 0 Å². The number of allylic oxidation sites excluding steroid dienone is 1. The second kappa shape index (κ2) is 8.50. The number of carbonyl (C=O) groups is 2. The van der Waals surface area contributed by atoms with Crippen molar-refractivity contribution in [3.63, 3.8) is 0 Å². The summed E-state index contributed by atoms with van der Waals surface area (Å²) >= 11 is 0. The van der Waals surface area contributed by atoms with Crippen LogP contribution in [0.15, 0.2) is 23.8 Å². The smallest absolute Gasteiger partial charge is 0.187 e. The van der Waals surface area contributed by atoms with Gasteiger partial charge < -0.3 is 35.0 Å². The summed E-state index contributed by atoms with van der Waals surface area (Å²) in [6.07, 6.45) is -3.36. The summed E-state index contributed by atoms with van der Waals surface area (Å²) < 4.78 is 10.3. The third-order valence-corrected chi connectivity index (χ3v) is 5.38. The third kappa shape index (κ3) is 4.41. The highest BCUT2D eigenvalue weighted by molar-refractivity contribution is 5.94. The molecule has 0 amide bonds. The second-order valence-corrected chi connectivity index (χ2v) is 7.93. The maximum atomic E-state index is 12.1. The molecule has 0 unspecified atom stereocenters. The lowest BCUT2D eigenvalue weighted by atomic mass is 9.64. The van der Waals surface area contributed by atoms with Crippen LogP contribution in [-0.2, 0) is 19.1 Å². The molecule has 1 fully saturated rings. The monoisotopic (exact) mass is 400 g/mol. The van der Waals surface area contributed by atoms with Crippen molar-refractivity contribution in [3.8, 4) is 0 Å². The van der Waals surface area contributed by atoms with Crippen LogP contribution in [0.4, 0.5) is 0 Å². The molecule has 2 aliphatic rings. The van der Waals surface area contributed by atoms with Crippen molar-refractivity contribution in [2.24, 2.45) is 5.41 Å². The van der Waals surface area contributed by atoms with Gasteiger partial charge in [0.25, 0.3) is 0 Å². The lowest BCUT2D eigenvalue weighted by Gasteiger charge is -2.43. The molecule has 0 bridgehead atoms. The standard InChI is InChI=1S/C19H28O9/c1-10-6-12(22)7-18(2,3)19(10,26)5-4-11(21)9-27-17-16(25)15(24)14(23)13(8-20)28-17/h4-6,13-17,20,23-26H,7-9H2,1-3H3/b5-4+/t13-,14-,15+,16-,17-,19-/m1/s1. The molecule has 2 rings (SSSR count). The fourth-order valence-electron chi connectivity index (χ4n) is 3.49. The lowest BCUT2D eigenvalue weighted by Crippen LogP contribution is -2.59. The molecule has 0 aromatic rings. The van der Waals surface area contributed by atoms with Crippen molar-refractivity contribution < 1.29 is 44.6 Å². The van der Waals surface area contributed by atoms with E-state index in [-0.39, 0.29) is 12.2 Å². The molecule has 158 valence electrons. The molecule has 1 aliphatic heterocycles. The van der Waals surface area contributed by atoms with Gasteiger partial charge in [-0.3, -0.25) is 9.59 Å². The van der Waals surface area contributed by atoms with E-state index in [4.69, 9.17) is 14.6 Å². The molecule has 9 heteroatoms. The first kappa shape index (κ1) is 22.8. The van der Waals surface area contributed by atoms with Gasteiger partial charge in [0, 0.05) is 11.8 Å². The van der Waals surface area contributed by atoms with Gasteiger partial charge >= 0.3 is 0 Å². The predicted molar refractivity (Wildman–Crippen MR) is 96.0 cm³/mol. The number of hydrogen-bond acceptors (Lipinski definition) is 9. The number of ether oxygens (including phenoxy) is 2. The van der Waals surface area contributed by atoms with Crippen LogP contribution in [0.3, 0.4) is 0 Å². The Balaban J connectivity index is 2.02. The third-order valence-electron chi connectivity index (χ3n) is 5.38. The van der Waals surface area contributed by atoms with E-state index in [0.29, 0.717) is 5.57 Å². The maximum absolute atomic E-state index is 12.1. The van der Waals surface area contributed by atoms with E-state index in [9.17, 15) is 30.0 Å². The van der Waals surface area contributed by atoms with E-state index >= 15 is 0 Å². The Bertz CT molecular complexity index is 666. The number of aliphatic hydroxyl groups is 5. The van der Waals surface area contributed by atoms with E-state index in [2.05, 4.69) is 0 Å². The quantitative estimate of drug-likeness (QED) is 0.339. The van der Waals surface area contributed by atoms with Crippen LogP contribution in [-0.4, -0.2) is 86.6 Å². The fraction of sp³-hybridized carbons (Fsp3) is 0.684. The first-order valence-corrected chi connectivity index (χ1v) is 9.01. The maximum Gasteiger partial charge on any atom is 0.187 e. The Kier molecular flexibility index (Phi) is 6.93. The topological polar surface area (TPSA) is 154 Å².